The second-order valence-electron chi connectivity index (χ2n) is 7.26. The second-order valence-corrected chi connectivity index (χ2v) is 7.26. The van der Waals surface area contributed by atoms with Crippen molar-refractivity contribution in [3.8, 4) is 22.9 Å². The number of nitrogens with two attached hydrogens (primary N) is 1. The van der Waals surface area contributed by atoms with Gasteiger partial charge in [-0.3, -0.25) is 9.48 Å². The summed E-state index contributed by atoms with van der Waals surface area (Å²) in [5.41, 5.74) is 7.60. The Hall–Kier alpha value is -3.43. The van der Waals surface area contributed by atoms with E-state index < -0.39 is 0 Å². The number of nitrogens with zero attached hydrogens (tertiary/aromatic N) is 4. The minimum Gasteiger partial charge on any atom is -0.439 e. The Labute approximate surface area is 184 Å². The lowest BCUT2D eigenvalue weighted by molar-refractivity contribution is 0.355. The molecule has 5 rings (SSSR count). The Morgan fingerprint density at radius 3 is 2.71 bits per heavy atom. The number of rotatable bonds is 4. The number of ether oxygens (including phenoxy) is 1. The van der Waals surface area contributed by atoms with Crippen molar-refractivity contribution in [2.45, 2.75) is 18.9 Å². The van der Waals surface area contributed by atoms with Crippen molar-refractivity contribution in [1.29, 1.82) is 0 Å². The van der Waals surface area contributed by atoms with Gasteiger partial charge in [0, 0.05) is 24.4 Å². The highest BCUT2D eigenvalue weighted by Crippen LogP contribution is 2.32. The molecule has 0 radical (unpaired) electrons. The van der Waals surface area contributed by atoms with Crippen molar-refractivity contribution in [2.75, 3.05) is 18.8 Å². The molecule has 0 amide bonds. The number of halogens is 1. The normalized spacial score (nSPS) is 16.1. The van der Waals surface area contributed by atoms with E-state index in [9.17, 15) is 4.79 Å². The average molecular weight is 440 g/mol. The number of aromatic amines is 1. The fraction of sp³-hybridized carbons (Fsp3) is 0.238. The number of aromatic nitrogens is 5. The van der Waals surface area contributed by atoms with Crippen molar-refractivity contribution in [2.24, 2.45) is 0 Å². The Balaban J connectivity index is 0.00000231. The lowest BCUT2D eigenvalue weighted by Gasteiger charge is -2.23. The molecular formula is C21H22ClN7O2. The maximum Gasteiger partial charge on any atom is 0.290 e. The van der Waals surface area contributed by atoms with Gasteiger partial charge in [-0.2, -0.15) is 10.2 Å². The van der Waals surface area contributed by atoms with E-state index in [4.69, 9.17) is 15.6 Å². The molecule has 1 atom stereocenters. The molecule has 0 saturated carbocycles. The van der Waals surface area contributed by atoms with Gasteiger partial charge in [0.15, 0.2) is 5.82 Å². The predicted octanol–water partition coefficient (Wildman–Crippen LogP) is 2.90. The monoisotopic (exact) mass is 439 g/mol. The standard InChI is InChI=1S/C21H21N7O2.ClH/c22-20-17-18(13-8-9-16(24-11-13)30-15-6-2-1-3-7-15)27-28(14-5-4-10-23-12-14)19(17)21(29)26-25-20;/h1-3,6-9,11,14,23H,4-5,10,12H2,(H2,22,25)(H,26,29);1H. The SMILES string of the molecule is Cl.Nc1n[nH]c(=O)c2c1c(-c1ccc(Oc3ccccc3)nc1)nn2C1CCCNC1. The number of pyridine rings is 1. The summed E-state index contributed by atoms with van der Waals surface area (Å²) in [4.78, 5) is 17.0. The topological polar surface area (TPSA) is 124 Å². The highest BCUT2D eigenvalue weighted by atomic mass is 35.5. The Bertz CT molecular complexity index is 1230. The second kappa shape index (κ2) is 8.75. The van der Waals surface area contributed by atoms with Crippen LogP contribution in [0.1, 0.15) is 18.9 Å². The van der Waals surface area contributed by atoms with Crippen LogP contribution in [0.2, 0.25) is 0 Å². The number of fused-ring (bicyclic) bond motifs is 1. The maximum atomic E-state index is 12.6. The van der Waals surface area contributed by atoms with Gasteiger partial charge < -0.3 is 15.8 Å². The van der Waals surface area contributed by atoms with Gasteiger partial charge in [-0.1, -0.05) is 18.2 Å². The van der Waals surface area contributed by atoms with E-state index in [1.54, 1.807) is 16.9 Å². The highest BCUT2D eigenvalue weighted by molar-refractivity contribution is 5.99. The first-order valence-electron chi connectivity index (χ1n) is 9.87. The van der Waals surface area contributed by atoms with Gasteiger partial charge in [0.05, 0.1) is 11.4 Å². The number of H-pyrrole nitrogens is 1. The molecular weight excluding hydrogens is 418 g/mol. The van der Waals surface area contributed by atoms with E-state index in [1.807, 2.05) is 36.4 Å². The summed E-state index contributed by atoms with van der Waals surface area (Å²) in [6.45, 7) is 1.72. The van der Waals surface area contributed by atoms with E-state index in [-0.39, 0.29) is 29.8 Å². The van der Waals surface area contributed by atoms with Crippen LogP contribution in [0.4, 0.5) is 5.82 Å². The number of nitrogen functional groups attached to an aromatic ring is 1. The summed E-state index contributed by atoms with van der Waals surface area (Å²) in [5.74, 6) is 1.41. The molecule has 0 bridgehead atoms. The molecule has 3 aromatic heterocycles. The predicted molar refractivity (Wildman–Crippen MR) is 121 cm³/mol. The zero-order valence-electron chi connectivity index (χ0n) is 16.6. The van der Waals surface area contributed by atoms with E-state index in [2.05, 4.69) is 20.5 Å². The van der Waals surface area contributed by atoms with Crippen LogP contribution < -0.4 is 21.3 Å². The molecule has 1 saturated heterocycles. The molecule has 31 heavy (non-hydrogen) atoms. The minimum atomic E-state index is -0.305. The zero-order chi connectivity index (χ0) is 20.5. The lowest BCUT2D eigenvalue weighted by atomic mass is 10.1. The van der Waals surface area contributed by atoms with Gasteiger partial charge in [-0.05, 0) is 37.6 Å². The summed E-state index contributed by atoms with van der Waals surface area (Å²) in [7, 11) is 0. The number of para-hydroxylation sites is 1. The number of anilines is 1. The van der Waals surface area contributed by atoms with E-state index in [0.717, 1.165) is 31.5 Å². The molecule has 4 heterocycles. The zero-order valence-corrected chi connectivity index (χ0v) is 17.4. The first-order valence-corrected chi connectivity index (χ1v) is 9.87. The summed E-state index contributed by atoms with van der Waals surface area (Å²) in [6.07, 6.45) is 3.63. The third kappa shape index (κ3) is 3.97. The van der Waals surface area contributed by atoms with Crippen molar-refractivity contribution in [3.05, 3.63) is 59.0 Å². The number of piperidine rings is 1. The third-order valence-electron chi connectivity index (χ3n) is 5.25. The van der Waals surface area contributed by atoms with Crippen LogP contribution in [-0.4, -0.2) is 38.1 Å². The van der Waals surface area contributed by atoms with Crippen molar-refractivity contribution in [1.82, 2.24) is 30.3 Å². The summed E-state index contributed by atoms with van der Waals surface area (Å²) < 4.78 is 7.54. The van der Waals surface area contributed by atoms with Gasteiger partial charge in [-0.15, -0.1) is 12.4 Å². The Kier molecular flexibility index (Phi) is 5.88. The molecule has 4 aromatic rings. The fourth-order valence-electron chi connectivity index (χ4n) is 3.81. The number of nitrogens with one attached hydrogen (secondary N) is 2. The van der Waals surface area contributed by atoms with E-state index in [1.165, 1.54) is 0 Å². The smallest absolute Gasteiger partial charge is 0.290 e. The van der Waals surface area contributed by atoms with E-state index >= 15 is 0 Å². The Morgan fingerprint density at radius 2 is 2.00 bits per heavy atom. The highest BCUT2D eigenvalue weighted by Gasteiger charge is 2.25. The number of benzene rings is 1. The molecule has 160 valence electrons. The van der Waals surface area contributed by atoms with Gasteiger partial charge in [0.2, 0.25) is 5.88 Å². The molecule has 0 spiro atoms. The molecule has 0 aliphatic carbocycles. The van der Waals surface area contributed by atoms with Crippen LogP contribution in [-0.2, 0) is 0 Å². The maximum absolute atomic E-state index is 12.6. The molecule has 9 nitrogen and oxygen atoms in total. The van der Waals surface area contributed by atoms with Crippen LogP contribution in [0.5, 0.6) is 11.6 Å². The molecule has 1 aromatic carbocycles. The summed E-state index contributed by atoms with van der Waals surface area (Å²) in [5, 5.41) is 15.1. The lowest BCUT2D eigenvalue weighted by Crippen LogP contribution is -2.33. The van der Waals surface area contributed by atoms with Crippen LogP contribution >= 0.6 is 12.4 Å². The van der Waals surface area contributed by atoms with Crippen LogP contribution in [0, 0.1) is 0 Å². The molecule has 1 fully saturated rings. The molecule has 1 aliphatic heterocycles. The number of hydrogen-bond donors (Lipinski definition) is 3. The quantitative estimate of drug-likeness (QED) is 0.446. The first-order chi connectivity index (χ1) is 14.7. The van der Waals surface area contributed by atoms with Gasteiger partial charge in [0.25, 0.3) is 5.56 Å². The largest absolute Gasteiger partial charge is 0.439 e. The van der Waals surface area contributed by atoms with Gasteiger partial charge >= 0.3 is 0 Å². The first kappa shape index (κ1) is 20.8. The summed E-state index contributed by atoms with van der Waals surface area (Å²) in [6, 6.07) is 13.2. The molecule has 10 heteroatoms. The van der Waals surface area contributed by atoms with Gasteiger partial charge in [-0.25, -0.2) is 10.1 Å². The molecule has 4 N–H and O–H groups in total. The number of hydrogen-bond acceptors (Lipinski definition) is 7. The van der Waals surface area contributed by atoms with E-state index in [0.29, 0.717) is 28.2 Å². The van der Waals surface area contributed by atoms with Crippen molar-refractivity contribution in [3.63, 3.8) is 0 Å². The third-order valence-corrected chi connectivity index (χ3v) is 5.25. The van der Waals surface area contributed by atoms with Gasteiger partial charge in [0.1, 0.15) is 17.0 Å². The van der Waals surface area contributed by atoms with Crippen LogP contribution in [0.15, 0.2) is 53.5 Å². The molecule has 1 unspecified atom stereocenters. The van der Waals surface area contributed by atoms with Crippen LogP contribution in [0.25, 0.3) is 22.2 Å². The van der Waals surface area contributed by atoms with Crippen molar-refractivity contribution < 1.29 is 4.74 Å². The Morgan fingerprint density at radius 1 is 1.16 bits per heavy atom. The fourth-order valence-corrected chi connectivity index (χ4v) is 3.81. The average Bonchev–Trinajstić information content (AvgIpc) is 3.20. The molecule has 1 aliphatic rings. The van der Waals surface area contributed by atoms with Crippen molar-refractivity contribution >= 4 is 29.1 Å². The minimum absolute atomic E-state index is 0. The van der Waals surface area contributed by atoms with Crippen LogP contribution in [0.3, 0.4) is 0 Å². The summed E-state index contributed by atoms with van der Waals surface area (Å²) >= 11 is 0.